The molecule has 2 heterocycles. The number of hydrogen-bond donors (Lipinski definition) is 1. The molecule has 0 spiro atoms. The zero-order valence-corrected chi connectivity index (χ0v) is 15.0. The van der Waals surface area contributed by atoms with E-state index in [4.69, 9.17) is 4.74 Å². The van der Waals surface area contributed by atoms with Crippen molar-refractivity contribution in [2.24, 2.45) is 5.92 Å². The molecule has 1 N–H and O–H groups in total. The zero-order chi connectivity index (χ0) is 17.0. The van der Waals surface area contributed by atoms with Crippen molar-refractivity contribution in [3.05, 3.63) is 18.0 Å². The van der Waals surface area contributed by atoms with Crippen LogP contribution in [0.25, 0.3) is 0 Å². The normalized spacial score (nSPS) is 20.9. The van der Waals surface area contributed by atoms with Crippen LogP contribution < -0.4 is 5.32 Å². The van der Waals surface area contributed by atoms with Gasteiger partial charge >= 0.3 is 0 Å². The number of ether oxygens (including phenoxy) is 1. The van der Waals surface area contributed by atoms with Crippen molar-refractivity contribution in [3.8, 4) is 0 Å². The number of carbonyl (C=O) groups is 1. The Morgan fingerprint density at radius 3 is 2.79 bits per heavy atom. The average Bonchev–Trinajstić information content (AvgIpc) is 3.27. The van der Waals surface area contributed by atoms with Crippen molar-refractivity contribution in [1.82, 2.24) is 20.0 Å². The Kier molecular flexibility index (Phi) is 5.56. The Hall–Kier alpha value is -1.40. The van der Waals surface area contributed by atoms with Gasteiger partial charge in [0, 0.05) is 51.6 Å². The second kappa shape index (κ2) is 7.66. The second-order valence-corrected chi connectivity index (χ2v) is 7.25. The van der Waals surface area contributed by atoms with Gasteiger partial charge in [-0.25, -0.2) is 0 Å². The van der Waals surface area contributed by atoms with Crippen molar-refractivity contribution in [1.29, 1.82) is 0 Å². The minimum atomic E-state index is -0.157. The van der Waals surface area contributed by atoms with Gasteiger partial charge in [0.15, 0.2) is 0 Å². The molecule has 0 atom stereocenters. The maximum absolute atomic E-state index is 12.8. The second-order valence-electron chi connectivity index (χ2n) is 7.25. The van der Waals surface area contributed by atoms with Crippen LogP contribution in [0.4, 0.5) is 0 Å². The van der Waals surface area contributed by atoms with Crippen LogP contribution in [-0.4, -0.2) is 59.5 Å². The highest BCUT2D eigenvalue weighted by Crippen LogP contribution is 2.33. The monoisotopic (exact) mass is 334 g/mol. The SMILES string of the molecule is CCn1nccc1C(=O)NC1(CCOC)CCN(CC2CC2)CC1. The van der Waals surface area contributed by atoms with Crippen LogP contribution in [0.5, 0.6) is 0 Å². The lowest BCUT2D eigenvalue weighted by molar-refractivity contribution is 0.0688. The number of aromatic nitrogens is 2. The number of rotatable bonds is 8. The summed E-state index contributed by atoms with van der Waals surface area (Å²) in [4.78, 5) is 15.3. The van der Waals surface area contributed by atoms with E-state index in [2.05, 4.69) is 15.3 Å². The van der Waals surface area contributed by atoms with Gasteiger partial charge in [0.1, 0.15) is 5.69 Å². The highest BCUT2D eigenvalue weighted by Gasteiger charge is 2.37. The third kappa shape index (κ3) is 4.16. The molecule has 1 aromatic rings. The molecule has 2 aliphatic rings. The first-order valence-electron chi connectivity index (χ1n) is 9.21. The molecule has 134 valence electrons. The molecule has 0 radical (unpaired) electrons. The molecule has 1 aliphatic carbocycles. The van der Waals surface area contributed by atoms with E-state index in [1.54, 1.807) is 24.1 Å². The van der Waals surface area contributed by atoms with Gasteiger partial charge in [-0.15, -0.1) is 0 Å². The quantitative estimate of drug-likeness (QED) is 0.789. The number of piperidine rings is 1. The number of methoxy groups -OCH3 is 1. The molecule has 24 heavy (non-hydrogen) atoms. The van der Waals surface area contributed by atoms with E-state index in [0.29, 0.717) is 18.8 Å². The van der Waals surface area contributed by atoms with Gasteiger partial charge in [0.05, 0.1) is 0 Å². The molecule has 0 aromatic carbocycles. The van der Waals surface area contributed by atoms with Gasteiger partial charge in [0.25, 0.3) is 5.91 Å². The average molecular weight is 334 g/mol. The van der Waals surface area contributed by atoms with Crippen LogP contribution in [0.2, 0.25) is 0 Å². The summed E-state index contributed by atoms with van der Waals surface area (Å²) < 4.78 is 7.06. The molecule has 0 bridgehead atoms. The summed E-state index contributed by atoms with van der Waals surface area (Å²) >= 11 is 0. The van der Waals surface area contributed by atoms with Crippen LogP contribution in [0.15, 0.2) is 12.3 Å². The molecular weight excluding hydrogens is 304 g/mol. The van der Waals surface area contributed by atoms with E-state index < -0.39 is 0 Å². The number of likely N-dealkylation sites (tertiary alicyclic amines) is 1. The Labute approximate surface area is 144 Å². The van der Waals surface area contributed by atoms with E-state index in [-0.39, 0.29) is 11.4 Å². The summed E-state index contributed by atoms with van der Waals surface area (Å²) in [6.45, 7) is 6.74. The lowest BCUT2D eigenvalue weighted by atomic mass is 9.84. The summed E-state index contributed by atoms with van der Waals surface area (Å²) in [5, 5.41) is 7.54. The zero-order valence-electron chi connectivity index (χ0n) is 15.0. The molecule has 1 amide bonds. The molecule has 1 saturated carbocycles. The summed E-state index contributed by atoms with van der Waals surface area (Å²) in [6, 6.07) is 1.80. The smallest absolute Gasteiger partial charge is 0.269 e. The molecule has 2 fully saturated rings. The Balaban J connectivity index is 1.63. The number of amides is 1. The van der Waals surface area contributed by atoms with E-state index >= 15 is 0 Å². The topological polar surface area (TPSA) is 59.4 Å². The van der Waals surface area contributed by atoms with E-state index in [0.717, 1.165) is 38.3 Å². The predicted octanol–water partition coefficient (Wildman–Crippen LogP) is 1.91. The van der Waals surface area contributed by atoms with Gasteiger partial charge in [-0.3, -0.25) is 9.48 Å². The minimum Gasteiger partial charge on any atom is -0.385 e. The predicted molar refractivity (Wildman–Crippen MR) is 93.0 cm³/mol. The van der Waals surface area contributed by atoms with Gasteiger partial charge < -0.3 is 15.0 Å². The van der Waals surface area contributed by atoms with E-state index in [1.807, 2.05) is 6.92 Å². The maximum Gasteiger partial charge on any atom is 0.269 e. The molecule has 3 rings (SSSR count). The van der Waals surface area contributed by atoms with Crippen LogP contribution in [0.1, 0.15) is 49.5 Å². The van der Waals surface area contributed by atoms with Crippen molar-refractivity contribution >= 4 is 5.91 Å². The van der Waals surface area contributed by atoms with Crippen LogP contribution in [0, 0.1) is 5.92 Å². The van der Waals surface area contributed by atoms with Gasteiger partial charge in [-0.1, -0.05) is 0 Å². The van der Waals surface area contributed by atoms with Crippen molar-refractivity contribution < 1.29 is 9.53 Å². The van der Waals surface area contributed by atoms with Crippen LogP contribution in [-0.2, 0) is 11.3 Å². The van der Waals surface area contributed by atoms with Gasteiger partial charge in [-0.05, 0) is 51.0 Å². The molecule has 1 saturated heterocycles. The Bertz CT molecular complexity index is 545. The number of nitrogens with one attached hydrogen (secondary N) is 1. The Morgan fingerprint density at radius 2 is 2.17 bits per heavy atom. The first-order chi connectivity index (χ1) is 11.7. The molecule has 0 unspecified atom stereocenters. The summed E-state index contributed by atoms with van der Waals surface area (Å²) in [5.41, 5.74) is 0.491. The number of carbonyl (C=O) groups excluding carboxylic acids is 1. The molecule has 1 aromatic heterocycles. The first-order valence-corrected chi connectivity index (χ1v) is 9.21. The summed E-state index contributed by atoms with van der Waals surface area (Å²) in [6.07, 6.45) is 7.33. The standard InChI is InChI=1S/C18H30N4O2/c1-3-22-16(6-10-19-22)17(23)20-18(9-13-24-2)7-11-21(12-8-18)14-15-4-5-15/h6,10,15H,3-5,7-9,11-14H2,1-2H3,(H,20,23). The molecule has 6 nitrogen and oxygen atoms in total. The lowest BCUT2D eigenvalue weighted by Crippen LogP contribution is -2.56. The Morgan fingerprint density at radius 1 is 1.42 bits per heavy atom. The fourth-order valence-corrected chi connectivity index (χ4v) is 3.65. The van der Waals surface area contributed by atoms with Crippen LogP contribution in [0.3, 0.4) is 0 Å². The number of hydrogen-bond acceptors (Lipinski definition) is 4. The van der Waals surface area contributed by atoms with E-state index in [9.17, 15) is 4.79 Å². The number of nitrogens with zero attached hydrogens (tertiary/aromatic N) is 3. The van der Waals surface area contributed by atoms with Crippen LogP contribution >= 0.6 is 0 Å². The highest BCUT2D eigenvalue weighted by molar-refractivity contribution is 5.93. The van der Waals surface area contributed by atoms with Gasteiger partial charge in [0.2, 0.25) is 0 Å². The lowest BCUT2D eigenvalue weighted by Gasteiger charge is -2.42. The molecular formula is C18H30N4O2. The van der Waals surface area contributed by atoms with E-state index in [1.165, 1.54) is 19.4 Å². The third-order valence-corrected chi connectivity index (χ3v) is 5.44. The first kappa shape index (κ1) is 17.4. The molecule has 6 heteroatoms. The minimum absolute atomic E-state index is 0.0129. The highest BCUT2D eigenvalue weighted by atomic mass is 16.5. The largest absolute Gasteiger partial charge is 0.385 e. The summed E-state index contributed by atoms with van der Waals surface area (Å²) in [7, 11) is 1.73. The van der Waals surface area contributed by atoms with Crippen molar-refractivity contribution in [2.75, 3.05) is 33.4 Å². The third-order valence-electron chi connectivity index (χ3n) is 5.44. The van der Waals surface area contributed by atoms with Gasteiger partial charge in [-0.2, -0.15) is 5.10 Å². The summed E-state index contributed by atoms with van der Waals surface area (Å²) in [5.74, 6) is 0.908. The van der Waals surface area contributed by atoms with Crippen molar-refractivity contribution in [2.45, 2.75) is 51.1 Å². The molecule has 1 aliphatic heterocycles. The van der Waals surface area contributed by atoms with Crippen molar-refractivity contribution in [3.63, 3.8) is 0 Å². The maximum atomic E-state index is 12.8. The number of aryl methyl sites for hydroxylation is 1. The fourth-order valence-electron chi connectivity index (χ4n) is 3.65. The fraction of sp³-hybridized carbons (Fsp3) is 0.778.